The first kappa shape index (κ1) is 69.3. The summed E-state index contributed by atoms with van der Waals surface area (Å²) >= 11 is 0. The Balaban J connectivity index is 4.28. The van der Waals surface area contributed by atoms with Crippen LogP contribution in [-0.2, 0) is 28.6 Å². The fourth-order valence-electron chi connectivity index (χ4n) is 7.68. The van der Waals surface area contributed by atoms with Crippen LogP contribution in [0.1, 0.15) is 245 Å². The van der Waals surface area contributed by atoms with Crippen LogP contribution in [-0.4, -0.2) is 37.2 Å². The van der Waals surface area contributed by atoms with Crippen molar-refractivity contribution in [3.8, 4) is 0 Å². The lowest BCUT2D eigenvalue weighted by molar-refractivity contribution is -0.167. The third kappa shape index (κ3) is 58.2. The molecule has 0 radical (unpaired) electrons. The highest BCUT2D eigenvalue weighted by Crippen LogP contribution is 2.14. The molecule has 0 fully saturated rings. The van der Waals surface area contributed by atoms with Gasteiger partial charge in [0.15, 0.2) is 6.10 Å². The molecule has 0 aromatic heterocycles. The van der Waals surface area contributed by atoms with Gasteiger partial charge in [0, 0.05) is 19.3 Å². The largest absolute Gasteiger partial charge is 0.462 e. The summed E-state index contributed by atoms with van der Waals surface area (Å²) < 4.78 is 16.8. The number of allylic oxidation sites excluding steroid dienone is 24. The van der Waals surface area contributed by atoms with Gasteiger partial charge in [-0.05, 0) is 122 Å². The quantitative estimate of drug-likeness (QED) is 0.0261. The first-order chi connectivity index (χ1) is 36.5. The summed E-state index contributed by atoms with van der Waals surface area (Å²) in [5.74, 6) is -0.946. The van der Waals surface area contributed by atoms with Crippen LogP contribution in [0.4, 0.5) is 0 Å². The number of hydrogen-bond donors (Lipinski definition) is 0. The lowest BCUT2D eigenvalue weighted by Crippen LogP contribution is -2.30. The second-order valence-corrected chi connectivity index (χ2v) is 19.1. The molecule has 416 valence electrons. The molecule has 0 spiro atoms. The summed E-state index contributed by atoms with van der Waals surface area (Å²) in [5.41, 5.74) is 0. The maximum atomic E-state index is 12.8. The van der Waals surface area contributed by atoms with Crippen LogP contribution in [0.25, 0.3) is 0 Å². The van der Waals surface area contributed by atoms with Gasteiger partial charge in [-0.25, -0.2) is 0 Å². The summed E-state index contributed by atoms with van der Waals surface area (Å²) in [5, 5.41) is 0. The van der Waals surface area contributed by atoms with Crippen molar-refractivity contribution in [1.82, 2.24) is 0 Å². The lowest BCUT2D eigenvalue weighted by atomic mass is 10.1. The number of ether oxygens (including phenoxy) is 3. The normalized spacial score (nSPS) is 13.2. The molecule has 0 N–H and O–H groups in total. The molecule has 0 saturated heterocycles. The summed E-state index contributed by atoms with van der Waals surface area (Å²) in [4.78, 5) is 38.0. The minimum absolute atomic E-state index is 0.0965. The molecule has 0 amide bonds. The van der Waals surface area contributed by atoms with Gasteiger partial charge >= 0.3 is 17.9 Å². The highest BCUT2D eigenvalue weighted by molar-refractivity contribution is 5.71. The maximum absolute atomic E-state index is 12.8. The average Bonchev–Trinajstić information content (AvgIpc) is 3.40. The van der Waals surface area contributed by atoms with Gasteiger partial charge in [0.25, 0.3) is 0 Å². The van der Waals surface area contributed by atoms with E-state index in [1.54, 1.807) is 0 Å². The van der Waals surface area contributed by atoms with Crippen LogP contribution in [0.15, 0.2) is 146 Å². The molecule has 0 saturated carbocycles. The van der Waals surface area contributed by atoms with Crippen molar-refractivity contribution in [1.29, 1.82) is 0 Å². The van der Waals surface area contributed by atoms with Crippen molar-refractivity contribution < 1.29 is 28.6 Å². The zero-order valence-electron chi connectivity index (χ0n) is 47.5. The minimum atomic E-state index is -0.800. The fourth-order valence-corrected chi connectivity index (χ4v) is 7.68. The number of rotatable bonds is 52. The second-order valence-electron chi connectivity index (χ2n) is 19.1. The Morgan fingerprint density at radius 2 is 0.527 bits per heavy atom. The van der Waals surface area contributed by atoms with Gasteiger partial charge in [-0.15, -0.1) is 0 Å². The molecular weight excluding hydrogens is 913 g/mol. The van der Waals surface area contributed by atoms with Gasteiger partial charge < -0.3 is 14.2 Å². The molecule has 6 nitrogen and oxygen atoms in total. The molecule has 1 atom stereocenters. The predicted octanol–water partition coefficient (Wildman–Crippen LogP) is 20.4. The molecule has 1 unspecified atom stereocenters. The first-order valence-corrected chi connectivity index (χ1v) is 29.8. The Labute approximate surface area is 455 Å². The first-order valence-electron chi connectivity index (χ1n) is 29.8. The van der Waals surface area contributed by atoms with E-state index >= 15 is 0 Å². The Morgan fingerprint density at radius 3 is 0.824 bits per heavy atom. The summed E-state index contributed by atoms with van der Waals surface area (Å²) in [6, 6.07) is 0. The minimum Gasteiger partial charge on any atom is -0.462 e. The Kier molecular flexibility index (Phi) is 57.0. The van der Waals surface area contributed by atoms with Crippen molar-refractivity contribution in [2.24, 2.45) is 0 Å². The van der Waals surface area contributed by atoms with E-state index in [0.717, 1.165) is 161 Å². The average molecular weight is 1020 g/mol. The summed E-state index contributed by atoms with van der Waals surface area (Å²) in [6.07, 6.45) is 87.1. The molecule has 6 heteroatoms. The van der Waals surface area contributed by atoms with E-state index in [0.29, 0.717) is 19.3 Å². The number of esters is 3. The van der Waals surface area contributed by atoms with Crippen molar-refractivity contribution in [2.75, 3.05) is 13.2 Å². The van der Waals surface area contributed by atoms with Crippen molar-refractivity contribution in [3.63, 3.8) is 0 Å². The molecule has 0 aliphatic heterocycles. The van der Waals surface area contributed by atoms with Gasteiger partial charge in [0.1, 0.15) is 13.2 Å². The summed E-state index contributed by atoms with van der Waals surface area (Å²) in [6.45, 7) is 6.34. The Hall–Kier alpha value is -4.71. The monoisotopic (exact) mass is 1020 g/mol. The zero-order valence-corrected chi connectivity index (χ0v) is 47.5. The predicted molar refractivity (Wildman–Crippen MR) is 320 cm³/mol. The van der Waals surface area contributed by atoms with Crippen LogP contribution in [0.3, 0.4) is 0 Å². The van der Waals surface area contributed by atoms with Gasteiger partial charge in [-0.2, -0.15) is 0 Å². The topological polar surface area (TPSA) is 78.9 Å². The highest BCUT2D eigenvalue weighted by atomic mass is 16.6. The molecule has 0 heterocycles. The molecule has 0 aromatic carbocycles. The SMILES string of the molecule is CC/C=C\C/C=C\C/C=C\C/C=C\C/C=C\C/C=C\C/C=C\C/C=C\CCCCCCCCC(=O)OCC(COC(=O)CCCCCCCCCC)OC(=O)CCCCCC/C=C\C/C=C\C/C=C\C/C=C\CC. The van der Waals surface area contributed by atoms with E-state index in [1.165, 1.54) is 44.9 Å². The van der Waals surface area contributed by atoms with Crippen LogP contribution in [0, 0.1) is 0 Å². The standard InChI is InChI=1S/C68H108O6/c1-4-7-10-13-16-19-21-23-25-27-28-29-30-31-32-33-34-35-36-37-38-39-40-42-43-45-47-49-52-55-58-61-67(70)73-64-65(63-72-66(69)60-57-54-51-18-15-12-9-6-3)74-68(71)62-59-56-53-50-48-46-44-41-26-24-22-20-17-14-11-8-5-2/h7-8,10-11,16-17,19-20,23-26,28-29,31-32,34-35,37-38,40,42,44,46,65H,4-6,9,12-15,18,21-22,27,30,33,36,39,41,43,45,47-64H2,1-3H3/b10-7-,11-8-,19-16-,20-17-,25-23-,26-24-,29-28-,32-31-,35-34-,38-37-,42-40-,46-44-. The molecule has 0 aromatic rings. The molecule has 74 heavy (non-hydrogen) atoms. The third-order valence-corrected chi connectivity index (χ3v) is 12.1. The molecule has 0 rings (SSSR count). The van der Waals surface area contributed by atoms with Crippen LogP contribution in [0.5, 0.6) is 0 Å². The summed E-state index contributed by atoms with van der Waals surface area (Å²) in [7, 11) is 0. The number of carbonyl (C=O) groups excluding carboxylic acids is 3. The molecular formula is C68H108O6. The van der Waals surface area contributed by atoms with Crippen molar-refractivity contribution in [3.05, 3.63) is 146 Å². The van der Waals surface area contributed by atoms with Gasteiger partial charge in [-0.3, -0.25) is 14.4 Å². The fraction of sp³-hybridized carbons (Fsp3) is 0.603. The van der Waals surface area contributed by atoms with Gasteiger partial charge in [0.2, 0.25) is 0 Å². The number of hydrogen-bond acceptors (Lipinski definition) is 6. The second kappa shape index (κ2) is 60.8. The Morgan fingerprint density at radius 1 is 0.284 bits per heavy atom. The van der Waals surface area contributed by atoms with Gasteiger partial charge in [0.05, 0.1) is 0 Å². The van der Waals surface area contributed by atoms with E-state index in [9.17, 15) is 14.4 Å². The van der Waals surface area contributed by atoms with E-state index in [2.05, 4.69) is 167 Å². The molecule has 0 aliphatic carbocycles. The van der Waals surface area contributed by atoms with E-state index < -0.39 is 6.10 Å². The lowest BCUT2D eigenvalue weighted by Gasteiger charge is -2.18. The third-order valence-electron chi connectivity index (χ3n) is 12.1. The number of unbranched alkanes of at least 4 members (excludes halogenated alkanes) is 17. The van der Waals surface area contributed by atoms with Crippen LogP contribution < -0.4 is 0 Å². The number of carbonyl (C=O) groups is 3. The molecule has 0 aliphatic rings. The highest BCUT2D eigenvalue weighted by Gasteiger charge is 2.19. The smallest absolute Gasteiger partial charge is 0.306 e. The Bertz CT molecular complexity index is 1640. The van der Waals surface area contributed by atoms with Gasteiger partial charge in [-0.1, -0.05) is 250 Å². The van der Waals surface area contributed by atoms with Crippen molar-refractivity contribution >= 4 is 17.9 Å². The van der Waals surface area contributed by atoms with Crippen molar-refractivity contribution in [2.45, 2.75) is 252 Å². The maximum Gasteiger partial charge on any atom is 0.306 e. The van der Waals surface area contributed by atoms with Crippen LogP contribution >= 0.6 is 0 Å². The van der Waals surface area contributed by atoms with E-state index in [1.807, 2.05) is 0 Å². The van der Waals surface area contributed by atoms with E-state index in [4.69, 9.17) is 14.2 Å². The van der Waals surface area contributed by atoms with Crippen LogP contribution in [0.2, 0.25) is 0 Å². The van der Waals surface area contributed by atoms with E-state index in [-0.39, 0.29) is 31.1 Å². The zero-order chi connectivity index (χ0) is 53.6. The molecule has 0 bridgehead atoms.